The van der Waals surface area contributed by atoms with E-state index in [-0.39, 0.29) is 6.10 Å². The van der Waals surface area contributed by atoms with Gasteiger partial charge in [0, 0.05) is 30.5 Å². The number of ether oxygens (including phenoxy) is 1. The van der Waals surface area contributed by atoms with E-state index in [1.165, 1.54) is 56.2 Å². The van der Waals surface area contributed by atoms with Gasteiger partial charge in [-0.15, -0.1) is 0 Å². The maximum atomic E-state index is 11.3. The van der Waals surface area contributed by atoms with Gasteiger partial charge < -0.3 is 19.3 Å². The summed E-state index contributed by atoms with van der Waals surface area (Å²) in [7, 11) is 0. The maximum Gasteiger partial charge on any atom is 0.335 e. The molecule has 3 heterocycles. The van der Waals surface area contributed by atoms with Gasteiger partial charge in [-0.3, -0.25) is 0 Å². The molecule has 3 aromatic rings. The Labute approximate surface area is 203 Å². The van der Waals surface area contributed by atoms with Crippen molar-refractivity contribution in [2.24, 2.45) is 0 Å². The molecule has 180 valence electrons. The number of carboxylic acids is 1. The molecule has 0 unspecified atom stereocenters. The molecule has 8 heteroatoms. The van der Waals surface area contributed by atoms with E-state index >= 15 is 0 Å². The number of fused-ring (bicyclic) bond motifs is 1. The van der Waals surface area contributed by atoms with Crippen LogP contribution in [0, 0.1) is 0 Å². The van der Waals surface area contributed by atoms with Gasteiger partial charge in [0.05, 0.1) is 34.2 Å². The number of piperidine rings is 1. The van der Waals surface area contributed by atoms with Gasteiger partial charge in [-0.05, 0) is 56.7 Å². The highest BCUT2D eigenvalue weighted by Crippen LogP contribution is 2.45. The summed E-state index contributed by atoms with van der Waals surface area (Å²) >= 11 is 1.57. The predicted molar refractivity (Wildman–Crippen MR) is 131 cm³/mol. The van der Waals surface area contributed by atoms with E-state index in [2.05, 4.69) is 10.1 Å². The third-order valence-corrected chi connectivity index (χ3v) is 8.67. The Morgan fingerprint density at radius 1 is 1.09 bits per heavy atom. The summed E-state index contributed by atoms with van der Waals surface area (Å²) in [6.45, 7) is 2.40. The summed E-state index contributed by atoms with van der Waals surface area (Å²) in [6, 6.07) is 5.14. The molecule has 0 amide bonds. The number of carboxylic acid groups (broad SMARTS) is 1. The minimum Gasteiger partial charge on any atom is -0.478 e. The van der Waals surface area contributed by atoms with Gasteiger partial charge in [0.15, 0.2) is 5.13 Å². The average Bonchev–Trinajstić information content (AvgIpc) is 3.48. The standard InChI is InChI=1S/C26H31N3O4S/c30-25(31)18-8-9-21-22(14-18)34-26(27-21)29-12-10-19(11-13-29)32-15-20-23(16-4-2-1-3-5-16)28-33-24(20)17-6-7-17/h8-9,14,16-17,19H,1-7,10-13,15H2,(H,30,31). The van der Waals surface area contributed by atoms with Crippen molar-refractivity contribution in [3.63, 3.8) is 0 Å². The van der Waals surface area contributed by atoms with Crippen molar-refractivity contribution in [3.8, 4) is 0 Å². The number of hydrogen-bond donors (Lipinski definition) is 1. The first kappa shape index (κ1) is 22.0. The normalized spacial score (nSPS) is 20.3. The Kier molecular flexibility index (Phi) is 6.03. The molecule has 0 radical (unpaired) electrons. The minimum atomic E-state index is -0.904. The monoisotopic (exact) mass is 481 g/mol. The van der Waals surface area contributed by atoms with E-state index in [9.17, 15) is 9.90 Å². The summed E-state index contributed by atoms with van der Waals surface area (Å²) in [4.78, 5) is 18.3. The molecule has 6 rings (SSSR count). The number of benzene rings is 1. The molecule has 3 fully saturated rings. The zero-order valence-electron chi connectivity index (χ0n) is 19.4. The summed E-state index contributed by atoms with van der Waals surface area (Å²) < 4.78 is 13.2. The maximum absolute atomic E-state index is 11.3. The summed E-state index contributed by atoms with van der Waals surface area (Å²) in [5.41, 5.74) is 3.59. The van der Waals surface area contributed by atoms with Gasteiger partial charge in [0.2, 0.25) is 0 Å². The van der Waals surface area contributed by atoms with Gasteiger partial charge >= 0.3 is 5.97 Å². The van der Waals surface area contributed by atoms with Crippen molar-refractivity contribution in [2.45, 2.75) is 82.3 Å². The number of aromatic carboxylic acids is 1. The third kappa shape index (κ3) is 4.45. The fourth-order valence-electron chi connectivity index (χ4n) is 5.44. The third-order valence-electron chi connectivity index (χ3n) is 7.59. The van der Waals surface area contributed by atoms with Crippen molar-refractivity contribution in [1.29, 1.82) is 0 Å². The highest BCUT2D eigenvalue weighted by atomic mass is 32.1. The fourth-order valence-corrected chi connectivity index (χ4v) is 6.50. The number of aromatic nitrogens is 2. The van der Waals surface area contributed by atoms with Crippen LogP contribution in [0.25, 0.3) is 10.2 Å². The molecule has 1 saturated heterocycles. The van der Waals surface area contributed by atoms with Crippen LogP contribution >= 0.6 is 11.3 Å². The van der Waals surface area contributed by atoms with E-state index < -0.39 is 5.97 Å². The van der Waals surface area contributed by atoms with Crippen LogP contribution in [-0.2, 0) is 11.3 Å². The molecule has 0 atom stereocenters. The molecule has 3 aliphatic rings. The molecule has 34 heavy (non-hydrogen) atoms. The zero-order chi connectivity index (χ0) is 23.1. The highest BCUT2D eigenvalue weighted by molar-refractivity contribution is 7.22. The predicted octanol–water partition coefficient (Wildman–Crippen LogP) is 6.09. The SMILES string of the molecule is O=C(O)c1ccc2nc(N3CCC(OCc4c(C5CCCCC5)noc4C4CC4)CC3)sc2c1. The van der Waals surface area contributed by atoms with Crippen LogP contribution in [0.5, 0.6) is 0 Å². The number of anilines is 1. The lowest BCUT2D eigenvalue weighted by Crippen LogP contribution is -2.37. The lowest BCUT2D eigenvalue weighted by atomic mass is 9.85. The molecule has 1 aromatic carbocycles. The smallest absolute Gasteiger partial charge is 0.335 e. The van der Waals surface area contributed by atoms with E-state index in [0.29, 0.717) is 24.0 Å². The highest BCUT2D eigenvalue weighted by Gasteiger charge is 2.35. The molecule has 2 saturated carbocycles. The van der Waals surface area contributed by atoms with Gasteiger partial charge in [-0.25, -0.2) is 9.78 Å². The summed E-state index contributed by atoms with van der Waals surface area (Å²) in [5, 5.41) is 14.8. The number of carbonyl (C=O) groups is 1. The van der Waals surface area contributed by atoms with Crippen molar-refractivity contribution in [2.75, 3.05) is 18.0 Å². The Bertz CT molecular complexity index is 1170. The second kappa shape index (κ2) is 9.30. The summed E-state index contributed by atoms with van der Waals surface area (Å²) in [5.74, 6) is 1.27. The number of nitrogens with zero attached hydrogens (tertiary/aromatic N) is 3. The molecule has 2 aliphatic carbocycles. The van der Waals surface area contributed by atoms with Crippen LogP contribution in [0.4, 0.5) is 5.13 Å². The van der Waals surface area contributed by atoms with Crippen LogP contribution in [0.3, 0.4) is 0 Å². The van der Waals surface area contributed by atoms with Crippen LogP contribution in [0.2, 0.25) is 0 Å². The fraction of sp³-hybridized carbons (Fsp3) is 0.577. The number of hydrogen-bond acceptors (Lipinski definition) is 7. The van der Waals surface area contributed by atoms with Crippen molar-refractivity contribution < 1.29 is 19.2 Å². The zero-order valence-corrected chi connectivity index (χ0v) is 20.2. The first-order chi connectivity index (χ1) is 16.7. The lowest BCUT2D eigenvalue weighted by molar-refractivity contribution is 0.0240. The minimum absolute atomic E-state index is 0.227. The molecule has 0 bridgehead atoms. The average molecular weight is 482 g/mol. The Balaban J connectivity index is 1.09. The van der Waals surface area contributed by atoms with Crippen molar-refractivity contribution >= 4 is 32.7 Å². The van der Waals surface area contributed by atoms with Gasteiger partial charge in [-0.2, -0.15) is 0 Å². The number of thiazole rings is 1. The van der Waals surface area contributed by atoms with Crippen LogP contribution in [-0.4, -0.2) is 40.4 Å². The van der Waals surface area contributed by atoms with Gasteiger partial charge in [0.25, 0.3) is 0 Å². The Hall–Kier alpha value is -2.45. The van der Waals surface area contributed by atoms with E-state index in [1.807, 2.05) is 0 Å². The second-order valence-electron chi connectivity index (χ2n) is 10.0. The first-order valence-corrected chi connectivity index (χ1v) is 13.5. The molecule has 1 aliphatic heterocycles. The van der Waals surface area contributed by atoms with E-state index in [4.69, 9.17) is 14.2 Å². The second-order valence-corrected chi connectivity index (χ2v) is 11.0. The van der Waals surface area contributed by atoms with Gasteiger partial charge in [-0.1, -0.05) is 35.8 Å². The largest absolute Gasteiger partial charge is 0.478 e. The molecular weight excluding hydrogens is 450 g/mol. The lowest BCUT2D eigenvalue weighted by Gasteiger charge is -2.31. The Morgan fingerprint density at radius 3 is 2.62 bits per heavy atom. The molecule has 2 aromatic heterocycles. The molecule has 0 spiro atoms. The molecular formula is C26H31N3O4S. The quantitative estimate of drug-likeness (QED) is 0.436. The Morgan fingerprint density at radius 2 is 1.88 bits per heavy atom. The van der Waals surface area contributed by atoms with E-state index in [1.54, 1.807) is 29.5 Å². The van der Waals surface area contributed by atoms with Crippen LogP contribution < -0.4 is 4.90 Å². The number of rotatable bonds is 7. The first-order valence-electron chi connectivity index (χ1n) is 12.6. The molecule has 7 nitrogen and oxygen atoms in total. The summed E-state index contributed by atoms with van der Waals surface area (Å²) in [6.07, 6.45) is 10.9. The molecule has 1 N–H and O–H groups in total. The van der Waals surface area contributed by atoms with Crippen molar-refractivity contribution in [3.05, 3.63) is 40.8 Å². The van der Waals surface area contributed by atoms with Crippen LogP contribution in [0.1, 0.15) is 97.0 Å². The van der Waals surface area contributed by atoms with Gasteiger partial charge in [0.1, 0.15) is 5.76 Å². The van der Waals surface area contributed by atoms with Crippen LogP contribution in [0.15, 0.2) is 22.7 Å². The topological polar surface area (TPSA) is 88.7 Å². The van der Waals surface area contributed by atoms with E-state index in [0.717, 1.165) is 47.0 Å². The van der Waals surface area contributed by atoms with Crippen molar-refractivity contribution in [1.82, 2.24) is 10.1 Å².